The summed E-state index contributed by atoms with van der Waals surface area (Å²) in [7, 11) is 0. The summed E-state index contributed by atoms with van der Waals surface area (Å²) in [6, 6.07) is 2.42. The van der Waals surface area contributed by atoms with E-state index in [2.05, 4.69) is 40.8 Å². The SMILES string of the molecule is CC1(C)[C@H](NC(=O)NCCN2CCc3sccc3C2)[C@@H]2CCO[C@H]21. The molecule has 3 heterocycles. The Balaban J connectivity index is 1.21. The minimum atomic E-state index is -0.0355. The first-order valence-corrected chi connectivity index (χ1v) is 9.87. The Labute approximate surface area is 147 Å². The molecule has 0 bridgehead atoms. The van der Waals surface area contributed by atoms with E-state index in [0.717, 1.165) is 39.1 Å². The summed E-state index contributed by atoms with van der Waals surface area (Å²) in [4.78, 5) is 16.2. The number of nitrogens with zero attached hydrogens (tertiary/aromatic N) is 1. The first-order valence-electron chi connectivity index (χ1n) is 8.99. The van der Waals surface area contributed by atoms with E-state index >= 15 is 0 Å². The zero-order valence-corrected chi connectivity index (χ0v) is 15.3. The molecule has 1 aromatic rings. The Hall–Kier alpha value is -1.11. The lowest BCUT2D eigenvalue weighted by Crippen LogP contribution is -2.67. The Morgan fingerprint density at radius 2 is 2.38 bits per heavy atom. The Bertz CT molecular complexity index is 615. The van der Waals surface area contributed by atoms with Crippen molar-refractivity contribution in [1.29, 1.82) is 0 Å². The summed E-state index contributed by atoms with van der Waals surface area (Å²) in [6.07, 6.45) is 2.52. The second-order valence-electron chi connectivity index (χ2n) is 7.84. The number of thiophene rings is 1. The second-order valence-corrected chi connectivity index (χ2v) is 8.84. The average Bonchev–Trinajstić information content (AvgIpc) is 3.20. The fourth-order valence-corrected chi connectivity index (χ4v) is 5.52. The van der Waals surface area contributed by atoms with Crippen LogP contribution in [0.15, 0.2) is 11.4 Å². The van der Waals surface area contributed by atoms with Gasteiger partial charge in [-0.05, 0) is 29.9 Å². The van der Waals surface area contributed by atoms with Gasteiger partial charge in [-0.25, -0.2) is 4.79 Å². The number of fused-ring (bicyclic) bond motifs is 2. The van der Waals surface area contributed by atoms with Gasteiger partial charge in [0.25, 0.3) is 0 Å². The molecule has 1 saturated heterocycles. The third kappa shape index (κ3) is 2.85. The van der Waals surface area contributed by atoms with Gasteiger partial charge in [-0.15, -0.1) is 11.3 Å². The van der Waals surface area contributed by atoms with Crippen LogP contribution in [0.25, 0.3) is 0 Å². The minimum Gasteiger partial charge on any atom is -0.377 e. The van der Waals surface area contributed by atoms with E-state index in [1.807, 2.05) is 11.3 Å². The highest BCUT2D eigenvalue weighted by Gasteiger charge is 2.59. The van der Waals surface area contributed by atoms with Crippen LogP contribution in [0.2, 0.25) is 0 Å². The van der Waals surface area contributed by atoms with Crippen LogP contribution in [0.5, 0.6) is 0 Å². The monoisotopic (exact) mass is 349 g/mol. The molecule has 1 saturated carbocycles. The van der Waals surface area contributed by atoms with E-state index in [-0.39, 0.29) is 17.5 Å². The number of rotatable bonds is 4. The summed E-state index contributed by atoms with van der Waals surface area (Å²) in [6.45, 7) is 8.92. The molecule has 0 aromatic carbocycles. The van der Waals surface area contributed by atoms with Gasteiger partial charge in [0.1, 0.15) is 0 Å². The molecule has 6 heteroatoms. The first kappa shape index (κ1) is 16.4. The van der Waals surface area contributed by atoms with Crippen molar-refractivity contribution in [3.8, 4) is 0 Å². The van der Waals surface area contributed by atoms with Gasteiger partial charge in [0.05, 0.1) is 6.10 Å². The lowest BCUT2D eigenvalue weighted by atomic mass is 9.57. The van der Waals surface area contributed by atoms with Gasteiger partial charge in [0.15, 0.2) is 0 Å². The molecule has 132 valence electrons. The predicted molar refractivity (Wildman–Crippen MR) is 95.3 cm³/mol. The lowest BCUT2D eigenvalue weighted by molar-refractivity contribution is -0.108. The summed E-state index contributed by atoms with van der Waals surface area (Å²) >= 11 is 1.86. The second kappa shape index (κ2) is 6.32. The van der Waals surface area contributed by atoms with Crippen molar-refractivity contribution >= 4 is 17.4 Å². The molecule has 0 spiro atoms. The van der Waals surface area contributed by atoms with Gasteiger partial charge in [0.2, 0.25) is 0 Å². The van der Waals surface area contributed by atoms with E-state index in [4.69, 9.17) is 4.74 Å². The van der Waals surface area contributed by atoms with Crippen LogP contribution in [-0.2, 0) is 17.7 Å². The summed E-state index contributed by atoms with van der Waals surface area (Å²) < 4.78 is 5.78. The highest BCUT2D eigenvalue weighted by molar-refractivity contribution is 7.10. The van der Waals surface area contributed by atoms with E-state index in [1.165, 1.54) is 10.4 Å². The van der Waals surface area contributed by atoms with Crippen molar-refractivity contribution < 1.29 is 9.53 Å². The molecule has 5 nitrogen and oxygen atoms in total. The molecule has 2 amide bonds. The third-order valence-corrected chi connectivity index (χ3v) is 7.01. The molecule has 3 atom stereocenters. The number of carbonyl (C=O) groups is 1. The molecular formula is C18H27N3O2S. The average molecular weight is 350 g/mol. The van der Waals surface area contributed by atoms with Crippen LogP contribution < -0.4 is 10.6 Å². The van der Waals surface area contributed by atoms with Crippen molar-refractivity contribution in [3.63, 3.8) is 0 Å². The van der Waals surface area contributed by atoms with Crippen molar-refractivity contribution in [2.24, 2.45) is 11.3 Å². The van der Waals surface area contributed by atoms with E-state index in [1.54, 1.807) is 0 Å². The Morgan fingerprint density at radius 1 is 1.50 bits per heavy atom. The Kier molecular flexibility index (Phi) is 4.31. The number of nitrogens with one attached hydrogen (secondary N) is 2. The number of amides is 2. The Morgan fingerprint density at radius 3 is 3.25 bits per heavy atom. The summed E-state index contributed by atoms with van der Waals surface area (Å²) in [5.74, 6) is 0.491. The van der Waals surface area contributed by atoms with E-state index < -0.39 is 0 Å². The zero-order valence-electron chi connectivity index (χ0n) is 14.5. The standard InChI is InChI=1S/C18H27N3O2S/c1-18(2)15(13-4-9-23-16(13)18)20-17(22)19-6-8-21-7-3-14-12(11-21)5-10-24-14/h5,10,13,15-16H,3-4,6-9,11H2,1-2H3,(H2,19,20,22)/t13-,15+,16+/m0/s1. The summed E-state index contributed by atoms with van der Waals surface area (Å²) in [5.41, 5.74) is 1.50. The molecule has 3 aliphatic rings. The highest BCUT2D eigenvalue weighted by Crippen LogP contribution is 2.52. The topological polar surface area (TPSA) is 53.6 Å². The van der Waals surface area contributed by atoms with Gasteiger partial charge in [0, 0.05) is 55.0 Å². The van der Waals surface area contributed by atoms with Crippen LogP contribution in [0.3, 0.4) is 0 Å². The van der Waals surface area contributed by atoms with E-state index in [9.17, 15) is 4.79 Å². The molecule has 24 heavy (non-hydrogen) atoms. The molecule has 0 unspecified atom stereocenters. The lowest BCUT2D eigenvalue weighted by Gasteiger charge is -2.54. The quantitative estimate of drug-likeness (QED) is 0.876. The molecule has 0 radical (unpaired) electrons. The maximum atomic E-state index is 12.2. The smallest absolute Gasteiger partial charge is 0.315 e. The molecule has 4 rings (SSSR count). The number of hydrogen-bond acceptors (Lipinski definition) is 4. The fourth-order valence-electron chi connectivity index (χ4n) is 4.63. The van der Waals surface area contributed by atoms with Crippen LogP contribution in [0.1, 0.15) is 30.7 Å². The molecule has 1 aliphatic carbocycles. The van der Waals surface area contributed by atoms with Gasteiger partial charge in [-0.2, -0.15) is 0 Å². The molecule has 1 aromatic heterocycles. The van der Waals surface area contributed by atoms with Crippen LogP contribution in [0, 0.1) is 11.3 Å². The van der Waals surface area contributed by atoms with Gasteiger partial charge >= 0.3 is 6.03 Å². The van der Waals surface area contributed by atoms with Crippen molar-refractivity contribution in [1.82, 2.24) is 15.5 Å². The highest BCUT2D eigenvalue weighted by atomic mass is 32.1. The van der Waals surface area contributed by atoms with Crippen LogP contribution in [0.4, 0.5) is 4.79 Å². The summed E-state index contributed by atoms with van der Waals surface area (Å²) in [5, 5.41) is 8.40. The fraction of sp³-hybridized carbons (Fsp3) is 0.722. The molecule has 2 fully saturated rings. The van der Waals surface area contributed by atoms with Crippen molar-refractivity contribution in [2.45, 2.75) is 45.4 Å². The maximum Gasteiger partial charge on any atom is 0.315 e. The molecular weight excluding hydrogens is 322 g/mol. The minimum absolute atomic E-state index is 0.0355. The molecule has 2 N–H and O–H groups in total. The van der Waals surface area contributed by atoms with Crippen LogP contribution in [-0.4, -0.2) is 49.3 Å². The molecule has 2 aliphatic heterocycles. The maximum absolute atomic E-state index is 12.2. The van der Waals surface area contributed by atoms with Crippen LogP contribution >= 0.6 is 11.3 Å². The van der Waals surface area contributed by atoms with E-state index in [0.29, 0.717) is 18.6 Å². The predicted octanol–water partition coefficient (Wildman–Crippen LogP) is 2.22. The number of urea groups is 1. The normalized spacial score (nSPS) is 31.0. The first-order chi connectivity index (χ1) is 11.6. The number of ether oxygens (including phenoxy) is 1. The number of hydrogen-bond donors (Lipinski definition) is 2. The van der Waals surface area contributed by atoms with Gasteiger partial charge in [-0.1, -0.05) is 13.8 Å². The van der Waals surface area contributed by atoms with Gasteiger partial charge in [-0.3, -0.25) is 4.90 Å². The largest absolute Gasteiger partial charge is 0.377 e. The zero-order chi connectivity index (χ0) is 16.7. The van der Waals surface area contributed by atoms with Crippen molar-refractivity contribution in [3.05, 3.63) is 21.9 Å². The number of carbonyl (C=O) groups excluding carboxylic acids is 1. The third-order valence-electron chi connectivity index (χ3n) is 5.99. The van der Waals surface area contributed by atoms with Gasteiger partial charge < -0.3 is 15.4 Å². The van der Waals surface area contributed by atoms with Crippen molar-refractivity contribution in [2.75, 3.05) is 26.2 Å².